The van der Waals surface area contributed by atoms with Crippen molar-refractivity contribution < 1.29 is 14.7 Å². The maximum Gasteiger partial charge on any atom is 0.331 e. The predicted molar refractivity (Wildman–Crippen MR) is 77.8 cm³/mol. The molecule has 1 aliphatic rings. The molecule has 1 atom stereocenters. The number of carboxylic acid groups (broad SMARTS) is 1. The Labute approximate surface area is 124 Å². The van der Waals surface area contributed by atoms with Crippen LogP contribution in [0.3, 0.4) is 0 Å². The largest absolute Gasteiger partial charge is 0.479 e. The first-order valence-electron chi connectivity index (χ1n) is 7.18. The van der Waals surface area contributed by atoms with Crippen molar-refractivity contribution in [1.82, 2.24) is 14.7 Å². The van der Waals surface area contributed by atoms with Crippen molar-refractivity contribution in [2.45, 2.75) is 58.0 Å². The van der Waals surface area contributed by atoms with Crippen LogP contribution in [0.5, 0.6) is 0 Å². The second-order valence-corrected chi connectivity index (χ2v) is 6.75. The van der Waals surface area contributed by atoms with E-state index in [4.69, 9.17) is 0 Å². The Kier molecular flexibility index (Phi) is 3.82. The van der Waals surface area contributed by atoms with Crippen LogP contribution in [0.15, 0.2) is 6.20 Å². The van der Waals surface area contributed by atoms with Gasteiger partial charge in [-0.05, 0) is 12.8 Å². The van der Waals surface area contributed by atoms with Gasteiger partial charge in [0, 0.05) is 37.2 Å². The van der Waals surface area contributed by atoms with Gasteiger partial charge in [-0.15, -0.1) is 0 Å². The molecule has 0 radical (unpaired) electrons. The average Bonchev–Trinajstić information content (AvgIpc) is 3.06. The van der Waals surface area contributed by atoms with Crippen LogP contribution in [0.2, 0.25) is 0 Å². The third-order valence-corrected chi connectivity index (χ3v) is 3.68. The lowest BCUT2D eigenvalue weighted by Gasteiger charge is -2.29. The van der Waals surface area contributed by atoms with Gasteiger partial charge in [-0.3, -0.25) is 9.48 Å². The van der Waals surface area contributed by atoms with Gasteiger partial charge < -0.3 is 10.0 Å². The number of amides is 1. The Balaban J connectivity index is 2.53. The maximum atomic E-state index is 11.9. The molecule has 1 unspecified atom stereocenters. The molecule has 0 bridgehead atoms. The van der Waals surface area contributed by atoms with Gasteiger partial charge in [0.2, 0.25) is 5.91 Å². The van der Waals surface area contributed by atoms with Gasteiger partial charge in [-0.25, -0.2) is 4.79 Å². The molecule has 1 aliphatic carbocycles. The van der Waals surface area contributed by atoms with Gasteiger partial charge in [0.1, 0.15) is 0 Å². The summed E-state index contributed by atoms with van der Waals surface area (Å²) < 4.78 is 1.62. The molecule has 0 saturated heterocycles. The number of aliphatic carboxylic acids is 1. The summed E-state index contributed by atoms with van der Waals surface area (Å²) in [4.78, 5) is 25.3. The topological polar surface area (TPSA) is 75.4 Å². The summed E-state index contributed by atoms with van der Waals surface area (Å²) in [6, 6.07) is -0.922. The predicted octanol–water partition coefficient (Wildman–Crippen LogP) is 1.85. The number of hydrogen-bond donors (Lipinski definition) is 1. The molecule has 0 aromatic carbocycles. The summed E-state index contributed by atoms with van der Waals surface area (Å²) in [6.07, 6.45) is 3.46. The fourth-order valence-electron chi connectivity index (χ4n) is 2.69. The lowest BCUT2D eigenvalue weighted by atomic mass is 9.87. The molecule has 2 rings (SSSR count). The smallest absolute Gasteiger partial charge is 0.331 e. The van der Waals surface area contributed by atoms with Crippen molar-refractivity contribution in [2.24, 2.45) is 7.05 Å². The van der Waals surface area contributed by atoms with E-state index in [0.29, 0.717) is 5.56 Å². The molecule has 116 valence electrons. The van der Waals surface area contributed by atoms with Crippen molar-refractivity contribution in [1.29, 1.82) is 0 Å². The van der Waals surface area contributed by atoms with Crippen LogP contribution in [0.1, 0.15) is 57.8 Å². The molecule has 1 N–H and O–H groups in total. The zero-order valence-electron chi connectivity index (χ0n) is 13.3. The Morgan fingerprint density at radius 2 is 2.00 bits per heavy atom. The first kappa shape index (κ1) is 15.5. The minimum Gasteiger partial charge on any atom is -0.479 e. The summed E-state index contributed by atoms with van der Waals surface area (Å²) in [6.45, 7) is 7.41. The third kappa shape index (κ3) is 3.09. The molecule has 6 heteroatoms. The molecular formula is C15H23N3O3. The monoisotopic (exact) mass is 293 g/mol. The summed E-state index contributed by atoms with van der Waals surface area (Å²) in [7, 11) is 1.77. The van der Waals surface area contributed by atoms with Gasteiger partial charge in [0.15, 0.2) is 6.04 Å². The normalized spacial score (nSPS) is 16.6. The van der Waals surface area contributed by atoms with Crippen molar-refractivity contribution in [3.05, 3.63) is 17.5 Å². The number of aryl methyl sites for hydroxylation is 1. The van der Waals surface area contributed by atoms with Crippen molar-refractivity contribution in [3.63, 3.8) is 0 Å². The van der Waals surface area contributed by atoms with E-state index >= 15 is 0 Å². The minimum atomic E-state index is -1.00. The maximum absolute atomic E-state index is 11.9. The van der Waals surface area contributed by atoms with Crippen LogP contribution in [-0.2, 0) is 22.1 Å². The molecule has 0 spiro atoms. The number of nitrogens with zero attached hydrogens (tertiary/aromatic N) is 3. The Bertz CT molecular complexity index is 567. The number of carbonyl (C=O) groups excluding carboxylic acids is 1. The van der Waals surface area contributed by atoms with E-state index in [-0.39, 0.29) is 17.4 Å². The second kappa shape index (κ2) is 5.16. The quantitative estimate of drug-likeness (QED) is 0.919. The van der Waals surface area contributed by atoms with Crippen molar-refractivity contribution in [2.75, 3.05) is 0 Å². The van der Waals surface area contributed by atoms with E-state index in [2.05, 4.69) is 5.10 Å². The molecule has 21 heavy (non-hydrogen) atoms. The molecule has 1 amide bonds. The molecular weight excluding hydrogens is 270 g/mol. The highest BCUT2D eigenvalue weighted by atomic mass is 16.4. The first-order chi connectivity index (χ1) is 9.62. The van der Waals surface area contributed by atoms with E-state index in [0.717, 1.165) is 18.5 Å². The van der Waals surface area contributed by atoms with Crippen LogP contribution < -0.4 is 0 Å². The van der Waals surface area contributed by atoms with Gasteiger partial charge >= 0.3 is 5.97 Å². The number of aromatic nitrogens is 2. The summed E-state index contributed by atoms with van der Waals surface area (Å²) in [5.74, 6) is -1.20. The van der Waals surface area contributed by atoms with Gasteiger partial charge in [0.05, 0.1) is 5.69 Å². The highest BCUT2D eigenvalue weighted by molar-refractivity contribution is 5.84. The van der Waals surface area contributed by atoms with Gasteiger partial charge in [-0.1, -0.05) is 20.8 Å². The Morgan fingerprint density at radius 3 is 2.38 bits per heavy atom. The minimum absolute atomic E-state index is 0.0385. The molecule has 1 aromatic rings. The molecule has 1 saturated carbocycles. The fourth-order valence-corrected chi connectivity index (χ4v) is 2.69. The summed E-state index contributed by atoms with van der Waals surface area (Å²) >= 11 is 0. The molecule has 1 fully saturated rings. The van der Waals surface area contributed by atoms with Crippen LogP contribution >= 0.6 is 0 Å². The van der Waals surface area contributed by atoms with E-state index in [1.807, 2.05) is 20.8 Å². The Morgan fingerprint density at radius 1 is 1.43 bits per heavy atom. The van der Waals surface area contributed by atoms with Gasteiger partial charge in [0.25, 0.3) is 0 Å². The Hall–Kier alpha value is -1.85. The SMILES string of the molecule is CC(=O)N(C1CC1)C(C(=O)O)c1cn(C)nc1C(C)(C)C. The molecule has 0 aliphatic heterocycles. The second-order valence-electron chi connectivity index (χ2n) is 6.75. The first-order valence-corrected chi connectivity index (χ1v) is 7.18. The molecule has 1 heterocycles. The number of carbonyl (C=O) groups is 2. The summed E-state index contributed by atoms with van der Waals surface area (Å²) in [5.41, 5.74) is 1.06. The number of rotatable bonds is 4. The van der Waals surface area contributed by atoms with E-state index in [1.165, 1.54) is 11.8 Å². The van der Waals surface area contributed by atoms with E-state index in [1.54, 1.807) is 17.9 Å². The van der Waals surface area contributed by atoms with E-state index < -0.39 is 12.0 Å². The fraction of sp³-hybridized carbons (Fsp3) is 0.667. The van der Waals surface area contributed by atoms with Crippen LogP contribution in [0.25, 0.3) is 0 Å². The van der Waals surface area contributed by atoms with Crippen LogP contribution in [-0.4, -0.2) is 37.7 Å². The van der Waals surface area contributed by atoms with Crippen LogP contribution in [0.4, 0.5) is 0 Å². The number of hydrogen-bond acceptors (Lipinski definition) is 3. The standard InChI is InChI=1S/C15H23N3O3/c1-9(19)18(10-6-7-10)12(14(20)21)11-8-17(5)16-13(11)15(2,3)4/h8,10,12H,6-7H2,1-5H3,(H,20,21). The lowest BCUT2D eigenvalue weighted by molar-refractivity contribution is -0.150. The van der Waals surface area contributed by atoms with Gasteiger partial charge in [-0.2, -0.15) is 5.10 Å². The van der Waals surface area contributed by atoms with Crippen molar-refractivity contribution in [3.8, 4) is 0 Å². The lowest BCUT2D eigenvalue weighted by Crippen LogP contribution is -2.40. The van der Waals surface area contributed by atoms with Crippen LogP contribution in [0, 0.1) is 0 Å². The zero-order chi connectivity index (χ0) is 15.9. The highest BCUT2D eigenvalue weighted by Gasteiger charge is 2.42. The average molecular weight is 293 g/mol. The van der Waals surface area contributed by atoms with Crippen molar-refractivity contribution >= 4 is 11.9 Å². The third-order valence-electron chi connectivity index (χ3n) is 3.68. The zero-order valence-corrected chi connectivity index (χ0v) is 13.3. The molecule has 1 aromatic heterocycles. The summed E-state index contributed by atoms with van der Waals surface area (Å²) in [5, 5.41) is 14.1. The molecule has 6 nitrogen and oxygen atoms in total. The number of carboxylic acids is 1. The van der Waals surface area contributed by atoms with E-state index in [9.17, 15) is 14.7 Å². The highest BCUT2D eigenvalue weighted by Crippen LogP contribution is 2.38.